The fraction of sp³-hybridized carbons (Fsp3) is 0.211. The fourth-order valence-corrected chi connectivity index (χ4v) is 3.46. The summed E-state index contributed by atoms with van der Waals surface area (Å²) in [5.74, 6) is 3.12. The molecule has 0 amide bonds. The van der Waals surface area contributed by atoms with E-state index >= 15 is 0 Å². The van der Waals surface area contributed by atoms with Crippen LogP contribution in [0.2, 0.25) is 6.82 Å². The topological polar surface area (TPSA) is 20.3 Å². The van der Waals surface area contributed by atoms with Crippen molar-refractivity contribution in [3.63, 3.8) is 0 Å². The third-order valence-electron chi connectivity index (χ3n) is 4.49. The molecule has 0 N–H and O–H groups in total. The zero-order valence-electron chi connectivity index (χ0n) is 16.5. The molecular formula is C19H20BN2O+. The van der Waals surface area contributed by atoms with Crippen LogP contribution in [0.4, 0.5) is 5.82 Å². The Morgan fingerprint density at radius 1 is 1.22 bits per heavy atom. The number of pyridine rings is 1. The lowest BCUT2D eigenvalue weighted by Gasteiger charge is -2.23. The van der Waals surface area contributed by atoms with Crippen LogP contribution in [0.3, 0.4) is 0 Å². The summed E-state index contributed by atoms with van der Waals surface area (Å²) in [6, 6.07) is 11.6. The van der Waals surface area contributed by atoms with E-state index in [1.54, 1.807) is 12.3 Å². The zero-order valence-corrected chi connectivity index (χ0v) is 13.5. The van der Waals surface area contributed by atoms with Crippen molar-refractivity contribution >= 4 is 35.3 Å². The van der Waals surface area contributed by atoms with E-state index in [-0.39, 0.29) is 6.85 Å². The number of nitrogens with zero attached hydrogens (tertiary/aromatic N) is 2. The number of fused-ring (bicyclic) bond motifs is 3. The summed E-state index contributed by atoms with van der Waals surface area (Å²) in [7, 11) is 1.87. The molecule has 0 bridgehead atoms. The van der Waals surface area contributed by atoms with Crippen molar-refractivity contribution in [2.24, 2.45) is 7.05 Å². The predicted octanol–water partition coefficient (Wildman–Crippen LogP) is 2.16. The molecule has 23 heavy (non-hydrogen) atoms. The smallest absolute Gasteiger partial charge is 0.402 e. The molecule has 2 aromatic heterocycles. The summed E-state index contributed by atoms with van der Waals surface area (Å²) in [5.41, 5.74) is 3.09. The average molecular weight is 306 g/mol. The first kappa shape index (κ1) is 11.1. The van der Waals surface area contributed by atoms with Gasteiger partial charge in [-0.15, -0.1) is 0 Å². The molecule has 0 saturated carbocycles. The van der Waals surface area contributed by atoms with E-state index in [0.717, 1.165) is 33.1 Å². The number of rotatable bonds is 1. The lowest BCUT2D eigenvalue weighted by molar-refractivity contribution is -0.658. The minimum atomic E-state index is -2.11. The highest BCUT2D eigenvalue weighted by molar-refractivity contribution is 6.77. The Kier molecular flexibility index (Phi) is 2.42. The molecule has 0 aliphatic carbocycles. The molecule has 0 unspecified atom stereocenters. The van der Waals surface area contributed by atoms with Crippen molar-refractivity contribution in [3.8, 4) is 0 Å². The molecule has 3 nitrogen and oxygen atoms in total. The highest BCUT2D eigenvalue weighted by atomic mass is 16.3. The lowest BCUT2D eigenvalue weighted by Crippen LogP contribution is -2.50. The Morgan fingerprint density at radius 2 is 2.04 bits per heavy atom. The third kappa shape index (κ3) is 2.09. The Balaban J connectivity index is 1.91. The molecule has 3 heterocycles. The first-order valence-corrected chi connectivity index (χ1v) is 7.77. The van der Waals surface area contributed by atoms with E-state index in [9.17, 15) is 0 Å². The van der Waals surface area contributed by atoms with Gasteiger partial charge in [-0.1, -0.05) is 24.2 Å². The van der Waals surface area contributed by atoms with E-state index < -0.39 is 6.85 Å². The van der Waals surface area contributed by atoms with Crippen LogP contribution < -0.4 is 20.0 Å². The van der Waals surface area contributed by atoms with Gasteiger partial charge in [-0.25, -0.2) is 4.57 Å². The standard InChI is InChI=1S/C19H20BN2O/c1-13-9-10-18(21(4)12-13)22-14(2)19-16(11-20(22)3)15-7-5-6-8-17(15)23-19/h5-12H,1-4H3/q+1/i1D3. The average Bonchev–Trinajstić information content (AvgIpc) is 2.94. The van der Waals surface area contributed by atoms with Gasteiger partial charge in [0.2, 0.25) is 0 Å². The molecule has 4 rings (SSSR count). The van der Waals surface area contributed by atoms with E-state index in [2.05, 4.69) is 23.7 Å². The van der Waals surface area contributed by atoms with Crippen LogP contribution >= 0.6 is 0 Å². The van der Waals surface area contributed by atoms with Gasteiger partial charge in [-0.2, -0.15) is 0 Å². The summed E-state index contributed by atoms with van der Waals surface area (Å²) in [6.07, 6.45) is 1.68. The van der Waals surface area contributed by atoms with Crippen LogP contribution in [-0.4, -0.2) is 6.85 Å². The highest BCUT2D eigenvalue weighted by Crippen LogP contribution is 2.20. The fourth-order valence-electron chi connectivity index (χ4n) is 3.46. The third-order valence-corrected chi connectivity index (χ3v) is 4.49. The molecule has 4 heteroatoms. The second kappa shape index (κ2) is 5.02. The maximum atomic E-state index is 7.60. The van der Waals surface area contributed by atoms with Gasteiger partial charge in [-0.05, 0) is 38.3 Å². The molecule has 0 atom stereocenters. The van der Waals surface area contributed by atoms with Crippen LogP contribution in [0.1, 0.15) is 16.6 Å². The molecule has 0 radical (unpaired) electrons. The Hall–Kier alpha value is -2.49. The van der Waals surface area contributed by atoms with Crippen molar-refractivity contribution in [2.45, 2.75) is 20.6 Å². The summed E-state index contributed by atoms with van der Waals surface area (Å²) < 4.78 is 30.8. The van der Waals surface area contributed by atoms with Gasteiger partial charge in [0.1, 0.15) is 11.3 Å². The van der Waals surface area contributed by atoms with E-state index in [1.807, 2.05) is 42.8 Å². The van der Waals surface area contributed by atoms with Crippen molar-refractivity contribution in [3.05, 3.63) is 58.8 Å². The lowest BCUT2D eigenvalue weighted by atomic mass is 9.60. The second-order valence-corrected chi connectivity index (χ2v) is 6.09. The first-order valence-electron chi connectivity index (χ1n) is 9.27. The SMILES string of the molecule is [2H]C([2H])([2H])c1ccc(N2B(C)C=c3c(oc4ccccc34)=C2C)[n+](C)c1. The molecule has 1 aromatic carbocycles. The highest BCUT2D eigenvalue weighted by Gasteiger charge is 2.33. The number of benzene rings is 1. The van der Waals surface area contributed by atoms with Gasteiger partial charge >= 0.3 is 6.85 Å². The van der Waals surface area contributed by atoms with Crippen LogP contribution in [0, 0.1) is 6.85 Å². The number of aromatic nitrogens is 1. The minimum absolute atomic E-state index is 0.119. The quantitative estimate of drug-likeness (QED) is 0.507. The molecule has 0 fully saturated rings. The second-order valence-electron chi connectivity index (χ2n) is 6.09. The van der Waals surface area contributed by atoms with Crippen molar-refractivity contribution in [2.75, 3.05) is 4.81 Å². The van der Waals surface area contributed by atoms with Crippen molar-refractivity contribution in [1.82, 2.24) is 0 Å². The summed E-state index contributed by atoms with van der Waals surface area (Å²) in [6.45, 7) is 2.18. The van der Waals surface area contributed by atoms with Gasteiger partial charge < -0.3 is 4.42 Å². The van der Waals surface area contributed by atoms with Crippen molar-refractivity contribution in [1.29, 1.82) is 0 Å². The van der Waals surface area contributed by atoms with Crippen LogP contribution in [0.25, 0.3) is 22.6 Å². The molecular weight excluding hydrogens is 283 g/mol. The summed E-state index contributed by atoms with van der Waals surface area (Å²) in [5, 5.41) is 2.25. The maximum Gasteiger partial charge on any atom is 0.402 e. The van der Waals surface area contributed by atoms with E-state index in [0.29, 0.717) is 5.56 Å². The number of hydrogen-bond acceptors (Lipinski definition) is 2. The first-order chi connectivity index (χ1) is 12.3. The van der Waals surface area contributed by atoms with Gasteiger partial charge in [-0.3, -0.25) is 4.81 Å². The number of para-hydroxylation sites is 1. The van der Waals surface area contributed by atoms with E-state index in [4.69, 9.17) is 8.53 Å². The van der Waals surface area contributed by atoms with Crippen molar-refractivity contribution < 1.29 is 13.1 Å². The molecule has 0 saturated heterocycles. The Morgan fingerprint density at radius 3 is 2.83 bits per heavy atom. The van der Waals surface area contributed by atoms with Crippen LogP contribution in [0.5, 0.6) is 0 Å². The Labute approximate surface area is 140 Å². The Bertz CT molecular complexity index is 1130. The maximum absolute atomic E-state index is 7.60. The normalized spacial score (nSPS) is 16.7. The number of anilines is 1. The minimum Gasteiger partial charge on any atom is -0.452 e. The molecule has 1 aliphatic rings. The monoisotopic (exact) mass is 306 g/mol. The van der Waals surface area contributed by atoms with Crippen LogP contribution in [0.15, 0.2) is 47.0 Å². The summed E-state index contributed by atoms with van der Waals surface area (Å²) in [4.78, 5) is 2.17. The zero-order chi connectivity index (χ0) is 18.6. The predicted molar refractivity (Wildman–Crippen MR) is 95.5 cm³/mol. The number of aryl methyl sites for hydroxylation is 2. The largest absolute Gasteiger partial charge is 0.452 e. The molecule has 114 valence electrons. The van der Waals surface area contributed by atoms with E-state index in [1.165, 1.54) is 0 Å². The molecule has 3 aromatic rings. The van der Waals surface area contributed by atoms with Gasteiger partial charge in [0.05, 0.1) is 13.2 Å². The van der Waals surface area contributed by atoms with Gasteiger partial charge in [0.25, 0.3) is 5.82 Å². The number of furan rings is 1. The van der Waals surface area contributed by atoms with Gasteiger partial charge in [0, 0.05) is 20.8 Å². The molecule has 1 aliphatic heterocycles. The van der Waals surface area contributed by atoms with Crippen LogP contribution in [-0.2, 0) is 7.05 Å². The number of hydrogen-bond donors (Lipinski definition) is 0. The molecule has 0 spiro atoms. The van der Waals surface area contributed by atoms with Gasteiger partial charge in [0.15, 0.2) is 5.42 Å². The summed E-state index contributed by atoms with van der Waals surface area (Å²) >= 11 is 0.